The second-order valence-corrected chi connectivity index (χ2v) is 4.07. The largest absolute Gasteiger partial charge is 0.481 e. The molecule has 0 fully saturated rings. The molecule has 0 aliphatic rings. The quantitative estimate of drug-likeness (QED) is 0.640. The van der Waals surface area contributed by atoms with Gasteiger partial charge in [0.05, 0.1) is 25.0 Å². The molecule has 0 spiro atoms. The van der Waals surface area contributed by atoms with E-state index >= 15 is 0 Å². The molecule has 0 saturated carbocycles. The molecule has 0 amide bonds. The summed E-state index contributed by atoms with van der Waals surface area (Å²) in [4.78, 5) is 20.2. The lowest BCUT2D eigenvalue weighted by atomic mass is 9.97. The first-order valence-corrected chi connectivity index (χ1v) is 5.33. The summed E-state index contributed by atoms with van der Waals surface area (Å²) in [5.74, 6) is -2.73. The van der Waals surface area contributed by atoms with Crippen LogP contribution < -0.4 is 0 Å². The van der Waals surface area contributed by atoms with Gasteiger partial charge in [-0.15, -0.1) is 0 Å². The van der Waals surface area contributed by atoms with Crippen molar-refractivity contribution < 1.29 is 29.6 Å². The number of hydrogen-bond donors (Lipinski definition) is 3. The maximum Gasteiger partial charge on any atom is 0.309 e. The molecule has 2 unspecified atom stereocenters. The first kappa shape index (κ1) is 18.2. The minimum Gasteiger partial charge on any atom is -0.481 e. The van der Waals surface area contributed by atoms with E-state index < -0.39 is 17.9 Å². The van der Waals surface area contributed by atoms with Gasteiger partial charge in [-0.25, -0.2) is 0 Å². The van der Waals surface area contributed by atoms with Crippen LogP contribution in [0.25, 0.3) is 0 Å². The SMILES string of the molecule is CC(C)C(CO)C(=O)O.COCC(C)C(=O)O. The first-order valence-electron chi connectivity index (χ1n) is 5.33. The zero-order chi connectivity index (χ0) is 14.0. The zero-order valence-corrected chi connectivity index (χ0v) is 10.7. The summed E-state index contributed by atoms with van der Waals surface area (Å²) in [5, 5.41) is 25.1. The third kappa shape index (κ3) is 9.77. The molecule has 0 aromatic rings. The Morgan fingerprint density at radius 2 is 1.59 bits per heavy atom. The fraction of sp³-hybridized carbons (Fsp3) is 0.818. The number of ether oxygens (including phenoxy) is 1. The Morgan fingerprint density at radius 3 is 1.65 bits per heavy atom. The molecule has 0 radical (unpaired) electrons. The molecule has 102 valence electrons. The standard InChI is InChI=1S/C6H12O3.C5H10O3/c1-4(2)5(3-7)6(8)9;1-4(3-8-2)5(6)7/h4-5,7H,3H2,1-2H3,(H,8,9);4H,3H2,1-2H3,(H,6,7). The van der Waals surface area contributed by atoms with E-state index in [1.807, 2.05) is 0 Å². The Labute approximate surface area is 101 Å². The van der Waals surface area contributed by atoms with Crippen LogP contribution in [0.5, 0.6) is 0 Å². The highest BCUT2D eigenvalue weighted by Gasteiger charge is 2.19. The van der Waals surface area contributed by atoms with E-state index in [2.05, 4.69) is 4.74 Å². The number of carboxylic acid groups (broad SMARTS) is 2. The van der Waals surface area contributed by atoms with Crippen molar-refractivity contribution in [2.75, 3.05) is 20.3 Å². The van der Waals surface area contributed by atoms with Crippen LogP contribution in [-0.2, 0) is 14.3 Å². The molecule has 6 heteroatoms. The van der Waals surface area contributed by atoms with Crippen molar-refractivity contribution in [1.82, 2.24) is 0 Å². The lowest BCUT2D eigenvalue weighted by Gasteiger charge is -2.11. The van der Waals surface area contributed by atoms with Crippen LogP contribution in [-0.4, -0.2) is 47.6 Å². The number of rotatable bonds is 6. The molecule has 3 N–H and O–H groups in total. The van der Waals surface area contributed by atoms with E-state index in [0.29, 0.717) is 0 Å². The van der Waals surface area contributed by atoms with Gasteiger partial charge in [-0.2, -0.15) is 0 Å². The maximum absolute atomic E-state index is 10.2. The Kier molecular flexibility index (Phi) is 10.8. The van der Waals surface area contributed by atoms with Crippen LogP contribution in [0.1, 0.15) is 20.8 Å². The summed E-state index contributed by atoms with van der Waals surface area (Å²) < 4.78 is 4.58. The van der Waals surface area contributed by atoms with Crippen LogP contribution in [0.15, 0.2) is 0 Å². The first-order chi connectivity index (χ1) is 7.77. The van der Waals surface area contributed by atoms with Crippen LogP contribution in [0.4, 0.5) is 0 Å². The third-order valence-corrected chi connectivity index (χ3v) is 2.16. The highest BCUT2D eigenvalue weighted by atomic mass is 16.5. The molecule has 0 heterocycles. The minimum absolute atomic E-state index is 0.00694. The van der Waals surface area contributed by atoms with Gasteiger partial charge in [0.25, 0.3) is 0 Å². The van der Waals surface area contributed by atoms with E-state index in [1.54, 1.807) is 20.8 Å². The van der Waals surface area contributed by atoms with Gasteiger partial charge in [-0.05, 0) is 12.8 Å². The van der Waals surface area contributed by atoms with Gasteiger partial charge in [-0.3, -0.25) is 9.59 Å². The van der Waals surface area contributed by atoms with Crippen LogP contribution >= 0.6 is 0 Å². The Morgan fingerprint density at radius 1 is 1.12 bits per heavy atom. The lowest BCUT2D eigenvalue weighted by Crippen LogP contribution is -2.23. The number of aliphatic hydroxyl groups is 1. The third-order valence-electron chi connectivity index (χ3n) is 2.16. The van der Waals surface area contributed by atoms with Crippen LogP contribution in [0.3, 0.4) is 0 Å². The van der Waals surface area contributed by atoms with Gasteiger partial charge in [0.15, 0.2) is 0 Å². The zero-order valence-electron chi connectivity index (χ0n) is 10.7. The van der Waals surface area contributed by atoms with Gasteiger partial charge >= 0.3 is 11.9 Å². The van der Waals surface area contributed by atoms with Crippen molar-refractivity contribution in [3.05, 3.63) is 0 Å². The lowest BCUT2D eigenvalue weighted by molar-refractivity contribution is -0.145. The molecule has 0 rings (SSSR count). The normalized spacial score (nSPS) is 13.5. The van der Waals surface area contributed by atoms with Crippen molar-refractivity contribution in [3.8, 4) is 0 Å². The molecule has 0 aliphatic heterocycles. The van der Waals surface area contributed by atoms with E-state index in [0.717, 1.165) is 0 Å². The molecule has 6 nitrogen and oxygen atoms in total. The second kappa shape index (κ2) is 10.0. The number of aliphatic carboxylic acids is 2. The molecule has 0 aromatic carbocycles. The molecule has 0 aliphatic carbocycles. The summed E-state index contributed by atoms with van der Waals surface area (Å²) in [6.07, 6.45) is 0. The summed E-state index contributed by atoms with van der Waals surface area (Å²) in [5.41, 5.74) is 0. The Hall–Kier alpha value is -1.14. The topological polar surface area (TPSA) is 104 Å². The second-order valence-electron chi connectivity index (χ2n) is 4.07. The van der Waals surface area contributed by atoms with Gasteiger partial charge < -0.3 is 20.1 Å². The number of carboxylic acids is 2. The van der Waals surface area contributed by atoms with Gasteiger partial charge in [0.1, 0.15) is 0 Å². The van der Waals surface area contributed by atoms with Crippen molar-refractivity contribution in [2.24, 2.45) is 17.8 Å². The summed E-state index contributed by atoms with van der Waals surface area (Å²) >= 11 is 0. The van der Waals surface area contributed by atoms with E-state index in [9.17, 15) is 9.59 Å². The highest BCUT2D eigenvalue weighted by Crippen LogP contribution is 2.08. The van der Waals surface area contributed by atoms with E-state index in [1.165, 1.54) is 7.11 Å². The molecule has 0 saturated heterocycles. The average Bonchev–Trinajstić information content (AvgIpc) is 2.18. The molecule has 0 bridgehead atoms. The van der Waals surface area contributed by atoms with Crippen molar-refractivity contribution in [2.45, 2.75) is 20.8 Å². The number of methoxy groups -OCH3 is 1. The fourth-order valence-corrected chi connectivity index (χ4v) is 0.895. The van der Waals surface area contributed by atoms with Crippen LogP contribution in [0.2, 0.25) is 0 Å². The number of aliphatic hydroxyl groups excluding tert-OH is 1. The van der Waals surface area contributed by atoms with E-state index in [-0.39, 0.29) is 25.0 Å². The van der Waals surface area contributed by atoms with Crippen molar-refractivity contribution in [3.63, 3.8) is 0 Å². The monoisotopic (exact) mass is 250 g/mol. The average molecular weight is 250 g/mol. The number of carbonyl (C=O) groups is 2. The van der Waals surface area contributed by atoms with Gasteiger partial charge in [-0.1, -0.05) is 13.8 Å². The highest BCUT2D eigenvalue weighted by molar-refractivity contribution is 5.70. The smallest absolute Gasteiger partial charge is 0.309 e. The predicted molar refractivity (Wildman–Crippen MR) is 61.7 cm³/mol. The summed E-state index contributed by atoms with van der Waals surface area (Å²) in [6, 6.07) is 0. The Balaban J connectivity index is 0. The fourth-order valence-electron chi connectivity index (χ4n) is 0.895. The summed E-state index contributed by atoms with van der Waals surface area (Å²) in [7, 11) is 1.49. The molecular weight excluding hydrogens is 228 g/mol. The van der Waals surface area contributed by atoms with Crippen LogP contribution in [0, 0.1) is 17.8 Å². The Bertz CT molecular complexity index is 226. The molecule has 17 heavy (non-hydrogen) atoms. The maximum atomic E-state index is 10.2. The van der Waals surface area contributed by atoms with Crippen molar-refractivity contribution in [1.29, 1.82) is 0 Å². The molecule has 2 atom stereocenters. The van der Waals surface area contributed by atoms with E-state index in [4.69, 9.17) is 15.3 Å². The predicted octanol–water partition coefficient (Wildman–Crippen LogP) is 0.689. The molecular formula is C11H22O6. The van der Waals surface area contributed by atoms with Crippen molar-refractivity contribution >= 4 is 11.9 Å². The van der Waals surface area contributed by atoms with Gasteiger partial charge in [0, 0.05) is 7.11 Å². The summed E-state index contributed by atoms with van der Waals surface area (Å²) in [6.45, 7) is 5.16. The number of hydrogen-bond acceptors (Lipinski definition) is 4. The van der Waals surface area contributed by atoms with Gasteiger partial charge in [0.2, 0.25) is 0 Å². The minimum atomic E-state index is -0.924. The molecule has 0 aromatic heterocycles.